The third-order valence-corrected chi connectivity index (χ3v) is 4.48. The van der Waals surface area contributed by atoms with Gasteiger partial charge in [-0.2, -0.15) is 0 Å². The lowest BCUT2D eigenvalue weighted by Crippen LogP contribution is -2.12. The minimum absolute atomic E-state index is 0.103. The number of Topliss-reactive ketones (excluding diaryl/α,β-unsaturated/α-hetero) is 1. The predicted octanol–water partition coefficient (Wildman–Crippen LogP) is 4.41. The van der Waals surface area contributed by atoms with Crippen molar-refractivity contribution in [3.05, 3.63) is 75.6 Å². The van der Waals surface area contributed by atoms with Gasteiger partial charge < -0.3 is 4.74 Å². The number of ether oxygens (including phenoxy) is 1. The third-order valence-electron chi connectivity index (χ3n) is 4.15. The first-order valence-corrected chi connectivity index (χ1v) is 8.36. The summed E-state index contributed by atoms with van der Waals surface area (Å²) in [5, 5.41) is 0.193. The van der Waals surface area contributed by atoms with Gasteiger partial charge in [-0.05, 0) is 54.7 Å². The number of carbonyl (C=O) groups excluding carboxylic acids is 2. The number of halogens is 2. The Morgan fingerprint density at radius 1 is 1.16 bits per heavy atom. The van der Waals surface area contributed by atoms with E-state index >= 15 is 0 Å². The van der Waals surface area contributed by atoms with Gasteiger partial charge in [0, 0.05) is 17.2 Å². The Balaban J connectivity index is 1.59. The van der Waals surface area contributed by atoms with Gasteiger partial charge in [0.25, 0.3) is 0 Å². The van der Waals surface area contributed by atoms with E-state index in [0.29, 0.717) is 5.56 Å². The first kappa shape index (κ1) is 17.4. The van der Waals surface area contributed by atoms with Crippen molar-refractivity contribution in [2.75, 3.05) is 6.61 Å². The van der Waals surface area contributed by atoms with Crippen molar-refractivity contribution in [2.24, 2.45) is 0 Å². The molecule has 0 bridgehead atoms. The van der Waals surface area contributed by atoms with E-state index in [1.54, 1.807) is 6.07 Å². The second kappa shape index (κ2) is 7.62. The number of benzene rings is 2. The normalized spacial score (nSPS) is 13.0. The number of fused-ring (bicyclic) bond motifs is 1. The van der Waals surface area contributed by atoms with Crippen LogP contribution in [0.3, 0.4) is 0 Å². The fraction of sp³-hybridized carbons (Fsp3) is 0.200. The van der Waals surface area contributed by atoms with Crippen LogP contribution in [0.2, 0.25) is 5.02 Å². The summed E-state index contributed by atoms with van der Waals surface area (Å²) >= 11 is 5.87. The summed E-state index contributed by atoms with van der Waals surface area (Å²) in [6.45, 7) is -0.354. The molecule has 2 aromatic carbocycles. The zero-order chi connectivity index (χ0) is 17.8. The fourth-order valence-corrected chi connectivity index (χ4v) is 3.06. The highest BCUT2D eigenvalue weighted by Gasteiger charge is 2.15. The zero-order valence-electron chi connectivity index (χ0n) is 13.4. The van der Waals surface area contributed by atoms with Crippen LogP contribution in [0.5, 0.6) is 0 Å². The van der Waals surface area contributed by atoms with Crippen LogP contribution in [0.1, 0.15) is 33.5 Å². The number of rotatable bonds is 5. The van der Waals surface area contributed by atoms with Crippen LogP contribution < -0.4 is 0 Å². The largest absolute Gasteiger partial charge is 0.454 e. The molecule has 3 nitrogen and oxygen atoms in total. The molecule has 0 aliphatic heterocycles. The van der Waals surface area contributed by atoms with Crippen molar-refractivity contribution < 1.29 is 18.7 Å². The van der Waals surface area contributed by atoms with Gasteiger partial charge in [0.2, 0.25) is 0 Å². The summed E-state index contributed by atoms with van der Waals surface area (Å²) in [5.41, 5.74) is 3.10. The Bertz CT molecular complexity index is 838. The maximum atomic E-state index is 13.6. The van der Waals surface area contributed by atoms with E-state index in [-0.39, 0.29) is 23.0 Å². The molecular weight excluding hydrogens is 343 g/mol. The van der Waals surface area contributed by atoms with Crippen molar-refractivity contribution in [3.63, 3.8) is 0 Å². The number of carbonyl (C=O) groups is 2. The number of aryl methyl sites for hydroxylation is 2. The van der Waals surface area contributed by atoms with Crippen LogP contribution in [0, 0.1) is 5.82 Å². The minimum Gasteiger partial charge on any atom is -0.454 e. The smallest absolute Gasteiger partial charge is 0.331 e. The van der Waals surface area contributed by atoms with Crippen LogP contribution >= 0.6 is 11.6 Å². The second-order valence-electron chi connectivity index (χ2n) is 5.84. The molecule has 0 heterocycles. The Morgan fingerprint density at radius 2 is 1.96 bits per heavy atom. The molecule has 0 atom stereocenters. The Labute approximate surface area is 150 Å². The monoisotopic (exact) mass is 358 g/mol. The molecular formula is C20H16ClFO3. The van der Waals surface area contributed by atoms with Gasteiger partial charge >= 0.3 is 5.97 Å². The van der Waals surface area contributed by atoms with Crippen molar-refractivity contribution >= 4 is 29.4 Å². The standard InChI is InChI=1S/C20H16ClFO3/c21-17-5-2-6-18(22)16(17)9-10-20(24)25-12-19(23)15-8-7-13-3-1-4-14(13)11-15/h2,5-11H,1,3-4,12H2/b10-9+. The van der Waals surface area contributed by atoms with E-state index in [9.17, 15) is 14.0 Å². The number of hydrogen-bond acceptors (Lipinski definition) is 3. The molecule has 0 amide bonds. The maximum absolute atomic E-state index is 13.6. The molecule has 3 rings (SSSR count). The topological polar surface area (TPSA) is 43.4 Å². The van der Waals surface area contributed by atoms with E-state index in [0.717, 1.165) is 25.3 Å². The summed E-state index contributed by atoms with van der Waals surface area (Å²) in [5.74, 6) is -1.53. The lowest BCUT2D eigenvalue weighted by atomic mass is 10.0. The molecule has 0 fully saturated rings. The van der Waals surface area contributed by atoms with E-state index in [4.69, 9.17) is 16.3 Å². The lowest BCUT2D eigenvalue weighted by Gasteiger charge is -2.05. The molecule has 0 saturated carbocycles. The van der Waals surface area contributed by atoms with Crippen LogP contribution in [-0.2, 0) is 22.4 Å². The fourth-order valence-electron chi connectivity index (χ4n) is 2.83. The molecule has 0 radical (unpaired) electrons. The van der Waals surface area contributed by atoms with Crippen molar-refractivity contribution in [1.29, 1.82) is 0 Å². The molecule has 0 aromatic heterocycles. The van der Waals surface area contributed by atoms with Crippen molar-refractivity contribution in [3.8, 4) is 0 Å². The van der Waals surface area contributed by atoms with Gasteiger partial charge in [-0.25, -0.2) is 9.18 Å². The highest BCUT2D eigenvalue weighted by Crippen LogP contribution is 2.23. The van der Waals surface area contributed by atoms with E-state index in [1.807, 2.05) is 12.1 Å². The minimum atomic E-state index is -0.728. The molecule has 0 unspecified atom stereocenters. The predicted molar refractivity (Wildman–Crippen MR) is 94.2 cm³/mol. The van der Waals surface area contributed by atoms with E-state index < -0.39 is 11.8 Å². The first-order chi connectivity index (χ1) is 12.0. The maximum Gasteiger partial charge on any atom is 0.331 e. The molecule has 0 spiro atoms. The van der Waals surface area contributed by atoms with Crippen LogP contribution in [0.4, 0.5) is 4.39 Å². The molecule has 25 heavy (non-hydrogen) atoms. The summed E-state index contributed by atoms with van der Waals surface area (Å²) in [4.78, 5) is 23.9. The van der Waals surface area contributed by atoms with Gasteiger partial charge in [0.1, 0.15) is 5.82 Å². The molecule has 2 aromatic rings. The summed E-state index contributed by atoms with van der Waals surface area (Å²) < 4.78 is 18.5. The zero-order valence-corrected chi connectivity index (χ0v) is 14.2. The highest BCUT2D eigenvalue weighted by atomic mass is 35.5. The lowest BCUT2D eigenvalue weighted by molar-refractivity contribution is -0.136. The molecule has 0 saturated heterocycles. The number of ketones is 1. The van der Waals surface area contributed by atoms with Crippen LogP contribution in [0.15, 0.2) is 42.5 Å². The van der Waals surface area contributed by atoms with Gasteiger partial charge in [-0.15, -0.1) is 0 Å². The average Bonchev–Trinajstić information content (AvgIpc) is 3.07. The third kappa shape index (κ3) is 4.15. The number of esters is 1. The van der Waals surface area contributed by atoms with E-state index in [1.165, 1.54) is 35.4 Å². The summed E-state index contributed by atoms with van der Waals surface area (Å²) in [6, 6.07) is 9.82. The summed E-state index contributed by atoms with van der Waals surface area (Å²) in [7, 11) is 0. The van der Waals surface area contributed by atoms with Crippen molar-refractivity contribution in [1.82, 2.24) is 0 Å². The molecule has 5 heteroatoms. The van der Waals surface area contributed by atoms with Gasteiger partial charge in [0.15, 0.2) is 12.4 Å². The van der Waals surface area contributed by atoms with Crippen LogP contribution in [-0.4, -0.2) is 18.4 Å². The van der Waals surface area contributed by atoms with Gasteiger partial charge in [-0.1, -0.05) is 29.8 Å². The Hall–Kier alpha value is -2.46. The number of hydrogen-bond donors (Lipinski definition) is 0. The van der Waals surface area contributed by atoms with E-state index in [2.05, 4.69) is 0 Å². The Morgan fingerprint density at radius 3 is 2.76 bits per heavy atom. The van der Waals surface area contributed by atoms with Crippen LogP contribution in [0.25, 0.3) is 6.08 Å². The first-order valence-electron chi connectivity index (χ1n) is 7.98. The van der Waals surface area contributed by atoms with Gasteiger partial charge in [0.05, 0.1) is 5.02 Å². The van der Waals surface area contributed by atoms with Crippen molar-refractivity contribution in [2.45, 2.75) is 19.3 Å². The average molecular weight is 359 g/mol. The van der Waals surface area contributed by atoms with Gasteiger partial charge in [-0.3, -0.25) is 4.79 Å². The Kier molecular flexibility index (Phi) is 5.29. The molecule has 1 aliphatic rings. The second-order valence-corrected chi connectivity index (χ2v) is 6.24. The highest BCUT2D eigenvalue weighted by molar-refractivity contribution is 6.32. The summed E-state index contributed by atoms with van der Waals surface area (Å²) in [6.07, 6.45) is 5.41. The molecule has 128 valence electrons. The SMILES string of the molecule is O=C(/C=C/c1c(F)cccc1Cl)OCC(=O)c1ccc2c(c1)CCC2. The quantitative estimate of drug-likeness (QED) is 0.452. The molecule has 1 aliphatic carbocycles. The molecule has 0 N–H and O–H groups in total.